The van der Waals surface area contributed by atoms with Crippen LogP contribution < -0.4 is 10.1 Å². The topological polar surface area (TPSA) is 54.5 Å². The summed E-state index contributed by atoms with van der Waals surface area (Å²) < 4.78 is 68.7. The molecule has 1 aromatic heterocycles. The fourth-order valence-corrected chi connectivity index (χ4v) is 4.10. The van der Waals surface area contributed by atoms with Gasteiger partial charge in [-0.2, -0.15) is 8.78 Å². The highest BCUT2D eigenvalue weighted by Crippen LogP contribution is 2.34. The molecular weight excluding hydrogens is 409 g/mol. The van der Waals surface area contributed by atoms with Crippen molar-refractivity contribution < 1.29 is 31.5 Å². The lowest BCUT2D eigenvalue weighted by molar-refractivity contribution is -0.150. The Morgan fingerprint density at radius 1 is 1.17 bits per heavy atom. The number of carbonyl (C=O) groups excluding carboxylic acids is 1. The number of alkyl halides is 4. The molecule has 2 heterocycles. The van der Waals surface area contributed by atoms with E-state index in [1.807, 2.05) is 0 Å². The van der Waals surface area contributed by atoms with Gasteiger partial charge in [0.25, 0.3) is 11.8 Å². The standard InChI is InChI=1S/C20H20F5N3O2/c21-15-6-11-5-12(8-26-16(11)7-17(15)30-19(22)23)18(29)27-13-1-3-14(4-2-13)28-9-20(24,25)10-28/h5-8,13-14,19H,1-4,9-10H2,(H,27,29)/t13-,14-. The van der Waals surface area contributed by atoms with E-state index in [1.165, 1.54) is 12.3 Å². The first kappa shape index (κ1) is 20.8. The van der Waals surface area contributed by atoms with Crippen LogP contribution in [0.4, 0.5) is 22.0 Å². The zero-order valence-corrected chi connectivity index (χ0v) is 15.9. The minimum absolute atomic E-state index is 0.0789. The van der Waals surface area contributed by atoms with Crippen LogP contribution in [0.1, 0.15) is 36.0 Å². The molecule has 1 saturated carbocycles. The number of benzene rings is 1. The monoisotopic (exact) mass is 429 g/mol. The van der Waals surface area contributed by atoms with E-state index in [4.69, 9.17) is 0 Å². The number of rotatable bonds is 5. The summed E-state index contributed by atoms with van der Waals surface area (Å²) in [4.78, 5) is 18.4. The van der Waals surface area contributed by atoms with Gasteiger partial charge in [-0.05, 0) is 37.8 Å². The molecule has 0 atom stereocenters. The molecule has 0 unspecified atom stereocenters. The second kappa shape index (κ2) is 7.98. The van der Waals surface area contributed by atoms with Crippen LogP contribution in [0.15, 0.2) is 24.4 Å². The maximum absolute atomic E-state index is 13.9. The first-order valence-electron chi connectivity index (χ1n) is 9.67. The first-order chi connectivity index (χ1) is 14.2. The lowest BCUT2D eigenvalue weighted by Crippen LogP contribution is -2.60. The van der Waals surface area contributed by atoms with E-state index in [2.05, 4.69) is 15.0 Å². The van der Waals surface area contributed by atoms with Gasteiger partial charge in [-0.15, -0.1) is 0 Å². The Labute approximate surface area is 169 Å². The molecule has 2 aliphatic rings. The fourth-order valence-electron chi connectivity index (χ4n) is 4.10. The maximum atomic E-state index is 13.9. The average Bonchev–Trinajstić information content (AvgIpc) is 2.66. The smallest absolute Gasteiger partial charge is 0.387 e. The molecule has 10 heteroatoms. The highest BCUT2D eigenvalue weighted by Gasteiger charge is 2.47. The van der Waals surface area contributed by atoms with Crippen molar-refractivity contribution in [2.45, 2.75) is 50.3 Å². The number of amides is 1. The van der Waals surface area contributed by atoms with Gasteiger partial charge >= 0.3 is 6.61 Å². The number of nitrogens with zero attached hydrogens (tertiary/aromatic N) is 2. The molecule has 1 amide bonds. The number of hydrogen-bond acceptors (Lipinski definition) is 4. The number of hydrogen-bond donors (Lipinski definition) is 1. The van der Waals surface area contributed by atoms with Crippen LogP contribution in [0.5, 0.6) is 5.75 Å². The number of fused-ring (bicyclic) bond motifs is 1. The number of halogens is 5. The minimum Gasteiger partial charge on any atom is -0.432 e. The summed E-state index contributed by atoms with van der Waals surface area (Å²) >= 11 is 0. The summed E-state index contributed by atoms with van der Waals surface area (Å²) in [6.45, 7) is -3.55. The van der Waals surface area contributed by atoms with E-state index in [1.54, 1.807) is 4.90 Å². The van der Waals surface area contributed by atoms with Crippen molar-refractivity contribution in [1.82, 2.24) is 15.2 Å². The molecule has 162 valence electrons. The SMILES string of the molecule is O=C(N[C@H]1CC[C@H](N2CC(F)(F)C2)CC1)c1cnc2cc(OC(F)F)c(F)cc2c1. The zero-order chi connectivity index (χ0) is 21.5. The van der Waals surface area contributed by atoms with Gasteiger partial charge in [0.1, 0.15) is 0 Å². The van der Waals surface area contributed by atoms with Gasteiger partial charge in [-0.25, -0.2) is 13.2 Å². The van der Waals surface area contributed by atoms with Crippen LogP contribution >= 0.6 is 0 Å². The van der Waals surface area contributed by atoms with E-state index in [0.29, 0.717) is 12.8 Å². The molecule has 1 saturated heterocycles. The molecule has 0 radical (unpaired) electrons. The highest BCUT2D eigenvalue weighted by atomic mass is 19.3. The van der Waals surface area contributed by atoms with Crippen molar-refractivity contribution in [1.29, 1.82) is 0 Å². The van der Waals surface area contributed by atoms with Crippen molar-refractivity contribution >= 4 is 16.8 Å². The van der Waals surface area contributed by atoms with E-state index in [0.717, 1.165) is 25.0 Å². The number of likely N-dealkylation sites (tertiary alicyclic amines) is 1. The molecule has 4 rings (SSSR count). The van der Waals surface area contributed by atoms with Crippen LogP contribution in [0.3, 0.4) is 0 Å². The Morgan fingerprint density at radius 2 is 1.87 bits per heavy atom. The van der Waals surface area contributed by atoms with Gasteiger partial charge in [0.05, 0.1) is 24.2 Å². The van der Waals surface area contributed by atoms with Crippen LogP contribution in [0.2, 0.25) is 0 Å². The van der Waals surface area contributed by atoms with E-state index in [-0.39, 0.29) is 47.5 Å². The number of pyridine rings is 1. The number of aromatic nitrogens is 1. The van der Waals surface area contributed by atoms with Crippen molar-refractivity contribution in [2.75, 3.05) is 13.1 Å². The molecule has 0 bridgehead atoms. The predicted octanol–water partition coefficient (Wildman–Crippen LogP) is 3.97. The summed E-state index contributed by atoms with van der Waals surface area (Å²) in [5.41, 5.74) is 0.435. The molecule has 1 N–H and O–H groups in total. The third kappa shape index (κ3) is 4.48. The van der Waals surface area contributed by atoms with Crippen LogP contribution in [0, 0.1) is 5.82 Å². The summed E-state index contributed by atoms with van der Waals surface area (Å²) in [5, 5.41) is 3.18. The quantitative estimate of drug-likeness (QED) is 0.731. The molecule has 1 aliphatic carbocycles. The van der Waals surface area contributed by atoms with Crippen LogP contribution in [0.25, 0.3) is 10.9 Å². The van der Waals surface area contributed by atoms with Crippen molar-refractivity contribution in [2.24, 2.45) is 0 Å². The number of nitrogens with one attached hydrogen (secondary N) is 1. The second-order valence-corrected chi connectivity index (χ2v) is 7.82. The largest absolute Gasteiger partial charge is 0.432 e. The minimum atomic E-state index is -3.16. The summed E-state index contributed by atoms with van der Waals surface area (Å²) in [6, 6.07) is 3.52. The van der Waals surface area contributed by atoms with Gasteiger partial charge in [-0.1, -0.05) is 0 Å². The summed E-state index contributed by atoms with van der Waals surface area (Å²) in [6.07, 6.45) is 4.12. The van der Waals surface area contributed by atoms with E-state index >= 15 is 0 Å². The Bertz CT molecular complexity index is 939. The Morgan fingerprint density at radius 3 is 2.50 bits per heavy atom. The van der Waals surface area contributed by atoms with Crippen LogP contribution in [-0.2, 0) is 0 Å². The maximum Gasteiger partial charge on any atom is 0.387 e. The van der Waals surface area contributed by atoms with Crippen LogP contribution in [-0.4, -0.2) is 53.5 Å². The lowest BCUT2D eigenvalue weighted by atomic mass is 9.88. The van der Waals surface area contributed by atoms with Gasteiger partial charge in [0.15, 0.2) is 11.6 Å². The molecule has 5 nitrogen and oxygen atoms in total. The average molecular weight is 429 g/mol. The number of carbonyl (C=O) groups is 1. The molecular formula is C20H20F5N3O2. The van der Waals surface area contributed by atoms with Crippen molar-refractivity contribution in [3.8, 4) is 5.75 Å². The Kier molecular flexibility index (Phi) is 5.52. The molecule has 2 fully saturated rings. The normalized spacial score (nSPS) is 23.9. The third-order valence-corrected chi connectivity index (χ3v) is 5.63. The lowest BCUT2D eigenvalue weighted by Gasteiger charge is -2.46. The number of ether oxygens (including phenoxy) is 1. The second-order valence-electron chi connectivity index (χ2n) is 7.82. The summed E-state index contributed by atoms with van der Waals surface area (Å²) in [5.74, 6) is -4.55. The van der Waals surface area contributed by atoms with Gasteiger partial charge in [-0.3, -0.25) is 14.7 Å². The van der Waals surface area contributed by atoms with Crippen molar-refractivity contribution in [3.63, 3.8) is 0 Å². The predicted molar refractivity (Wildman–Crippen MR) is 98.4 cm³/mol. The Hall–Kier alpha value is -2.49. The first-order valence-corrected chi connectivity index (χ1v) is 9.67. The molecule has 30 heavy (non-hydrogen) atoms. The van der Waals surface area contributed by atoms with E-state index < -0.39 is 24.1 Å². The van der Waals surface area contributed by atoms with Gasteiger partial charge < -0.3 is 10.1 Å². The summed E-state index contributed by atoms with van der Waals surface area (Å²) in [7, 11) is 0. The van der Waals surface area contributed by atoms with Gasteiger partial charge in [0, 0.05) is 29.7 Å². The molecule has 1 aromatic carbocycles. The third-order valence-electron chi connectivity index (χ3n) is 5.63. The van der Waals surface area contributed by atoms with Gasteiger partial charge in [0.2, 0.25) is 0 Å². The molecule has 0 spiro atoms. The zero-order valence-electron chi connectivity index (χ0n) is 15.9. The molecule has 2 aromatic rings. The van der Waals surface area contributed by atoms with Crippen molar-refractivity contribution in [3.05, 3.63) is 35.8 Å². The fraction of sp³-hybridized carbons (Fsp3) is 0.500. The Balaban J connectivity index is 1.36. The van der Waals surface area contributed by atoms with E-state index in [9.17, 15) is 26.7 Å². The highest BCUT2D eigenvalue weighted by molar-refractivity contribution is 5.97. The molecule has 1 aliphatic heterocycles.